The van der Waals surface area contributed by atoms with Crippen LogP contribution < -0.4 is 0 Å². The fourth-order valence-electron chi connectivity index (χ4n) is 3.71. The summed E-state index contributed by atoms with van der Waals surface area (Å²) in [5, 5.41) is 4.97. The summed E-state index contributed by atoms with van der Waals surface area (Å²) in [6.07, 6.45) is 4.28. The second-order valence-corrected chi connectivity index (χ2v) is 8.28. The number of hydrogen-bond donors (Lipinski definition) is 0. The third kappa shape index (κ3) is 4.85. The molecule has 1 aromatic heterocycles. The second-order valence-electron chi connectivity index (χ2n) is 7.46. The van der Waals surface area contributed by atoms with E-state index >= 15 is 0 Å². The molecule has 1 saturated heterocycles. The van der Waals surface area contributed by atoms with Crippen LogP contribution in [0.5, 0.6) is 0 Å². The van der Waals surface area contributed by atoms with Crippen LogP contribution >= 0.6 is 23.2 Å². The zero-order valence-electron chi connectivity index (χ0n) is 17.2. The first-order chi connectivity index (χ1) is 15.0. The summed E-state index contributed by atoms with van der Waals surface area (Å²) in [4.78, 5) is 17.5. The first kappa shape index (κ1) is 21.6. The first-order valence-corrected chi connectivity index (χ1v) is 10.9. The van der Waals surface area contributed by atoms with Gasteiger partial charge in [-0.05, 0) is 24.6 Å². The predicted octanol–water partition coefficient (Wildman–Crippen LogP) is 5.43. The molecule has 0 atom stereocenters. The molecule has 4 rings (SSSR count). The molecule has 0 unspecified atom stereocenters. The molecule has 5 nitrogen and oxygen atoms in total. The number of amides is 1. The van der Waals surface area contributed by atoms with Crippen LogP contribution in [0.15, 0.2) is 59.1 Å². The number of piperazine rings is 1. The molecule has 0 saturated carbocycles. The standard InChI is InChI=1S/C24H23Cl2N3O2/c1-17-21(23(27-31-17)22-19(25)10-5-11-20(22)26)24(30)29-15-13-28(14-16-29)12-6-9-18-7-3-2-4-8-18/h2-11H,12-16H2,1H3. The van der Waals surface area contributed by atoms with Crippen molar-refractivity contribution in [3.8, 4) is 11.3 Å². The summed E-state index contributed by atoms with van der Waals surface area (Å²) in [6, 6.07) is 15.4. The lowest BCUT2D eigenvalue weighted by molar-refractivity contribution is 0.0649. The summed E-state index contributed by atoms with van der Waals surface area (Å²) in [6.45, 7) is 5.47. The van der Waals surface area contributed by atoms with Gasteiger partial charge in [-0.15, -0.1) is 0 Å². The van der Waals surface area contributed by atoms with Gasteiger partial charge >= 0.3 is 0 Å². The SMILES string of the molecule is Cc1onc(-c2c(Cl)cccc2Cl)c1C(=O)N1CCN(CC=Cc2ccccc2)CC1. The third-order valence-corrected chi connectivity index (χ3v) is 6.04. The van der Waals surface area contributed by atoms with Crippen LogP contribution in [0.1, 0.15) is 21.7 Å². The molecule has 1 fully saturated rings. The lowest BCUT2D eigenvalue weighted by Crippen LogP contribution is -2.48. The highest BCUT2D eigenvalue weighted by Crippen LogP contribution is 2.37. The Kier molecular flexibility index (Phi) is 6.76. The van der Waals surface area contributed by atoms with Crippen LogP contribution in [0.3, 0.4) is 0 Å². The molecule has 0 spiro atoms. The Morgan fingerprint density at radius 3 is 2.39 bits per heavy atom. The largest absolute Gasteiger partial charge is 0.360 e. The van der Waals surface area contributed by atoms with Crippen LogP contribution in [0.2, 0.25) is 10.0 Å². The van der Waals surface area contributed by atoms with Crippen molar-refractivity contribution in [2.24, 2.45) is 0 Å². The van der Waals surface area contributed by atoms with Crippen molar-refractivity contribution >= 4 is 35.2 Å². The number of rotatable bonds is 5. The lowest BCUT2D eigenvalue weighted by atomic mass is 10.0. The van der Waals surface area contributed by atoms with Gasteiger partial charge in [-0.1, -0.05) is 76.9 Å². The second kappa shape index (κ2) is 9.69. The van der Waals surface area contributed by atoms with E-state index in [0.717, 1.165) is 19.6 Å². The van der Waals surface area contributed by atoms with Crippen molar-refractivity contribution < 1.29 is 9.32 Å². The summed E-state index contributed by atoms with van der Waals surface area (Å²) in [7, 11) is 0. The minimum atomic E-state index is -0.107. The number of aryl methyl sites for hydroxylation is 1. The smallest absolute Gasteiger partial charge is 0.259 e. The van der Waals surface area contributed by atoms with Crippen molar-refractivity contribution in [2.75, 3.05) is 32.7 Å². The Morgan fingerprint density at radius 2 is 1.71 bits per heavy atom. The molecule has 1 aliphatic rings. The van der Waals surface area contributed by atoms with E-state index in [4.69, 9.17) is 27.7 Å². The number of aromatic nitrogens is 1. The van der Waals surface area contributed by atoms with E-state index in [9.17, 15) is 4.79 Å². The van der Waals surface area contributed by atoms with E-state index in [1.165, 1.54) is 5.56 Å². The van der Waals surface area contributed by atoms with Gasteiger partial charge in [0, 0.05) is 38.3 Å². The Labute approximate surface area is 191 Å². The first-order valence-electron chi connectivity index (χ1n) is 10.2. The van der Waals surface area contributed by atoms with Crippen molar-refractivity contribution in [3.05, 3.63) is 81.5 Å². The van der Waals surface area contributed by atoms with Gasteiger partial charge in [0.1, 0.15) is 17.0 Å². The molecule has 160 valence electrons. The topological polar surface area (TPSA) is 49.6 Å². The van der Waals surface area contributed by atoms with Crippen molar-refractivity contribution in [2.45, 2.75) is 6.92 Å². The molecule has 0 N–H and O–H groups in total. The van der Waals surface area contributed by atoms with Crippen LogP contribution in [0, 0.1) is 6.92 Å². The fraction of sp³-hybridized carbons (Fsp3) is 0.250. The maximum Gasteiger partial charge on any atom is 0.259 e. The molecule has 1 amide bonds. The van der Waals surface area contributed by atoms with E-state index in [1.807, 2.05) is 23.1 Å². The number of carbonyl (C=O) groups is 1. The lowest BCUT2D eigenvalue weighted by Gasteiger charge is -2.34. The monoisotopic (exact) mass is 455 g/mol. The molecule has 0 bridgehead atoms. The highest BCUT2D eigenvalue weighted by molar-refractivity contribution is 6.39. The number of halogens is 2. The Morgan fingerprint density at radius 1 is 1.03 bits per heavy atom. The summed E-state index contributed by atoms with van der Waals surface area (Å²) in [5.41, 5.74) is 2.53. The van der Waals surface area contributed by atoms with Crippen molar-refractivity contribution in [1.82, 2.24) is 15.0 Å². The van der Waals surface area contributed by atoms with E-state index in [1.54, 1.807) is 25.1 Å². The maximum absolute atomic E-state index is 13.3. The van der Waals surface area contributed by atoms with Gasteiger partial charge in [-0.25, -0.2) is 0 Å². The highest BCUT2D eigenvalue weighted by Gasteiger charge is 2.30. The zero-order chi connectivity index (χ0) is 21.8. The van der Waals surface area contributed by atoms with Gasteiger partial charge in [0.15, 0.2) is 0 Å². The quantitative estimate of drug-likeness (QED) is 0.514. The van der Waals surface area contributed by atoms with Crippen LogP contribution in [-0.2, 0) is 0 Å². The van der Waals surface area contributed by atoms with Gasteiger partial charge in [-0.3, -0.25) is 9.69 Å². The van der Waals surface area contributed by atoms with Crippen molar-refractivity contribution in [3.63, 3.8) is 0 Å². The number of hydrogen-bond acceptors (Lipinski definition) is 4. The molecular weight excluding hydrogens is 433 g/mol. The average molecular weight is 456 g/mol. The fourth-order valence-corrected chi connectivity index (χ4v) is 4.29. The van der Waals surface area contributed by atoms with Gasteiger partial charge in [0.05, 0.1) is 10.0 Å². The average Bonchev–Trinajstić information content (AvgIpc) is 3.15. The molecule has 0 radical (unpaired) electrons. The molecule has 0 aliphatic carbocycles. The number of benzene rings is 2. The zero-order valence-corrected chi connectivity index (χ0v) is 18.7. The van der Waals surface area contributed by atoms with Crippen molar-refractivity contribution in [1.29, 1.82) is 0 Å². The minimum absolute atomic E-state index is 0.107. The van der Waals surface area contributed by atoms with Crippen LogP contribution in [0.25, 0.3) is 17.3 Å². The summed E-state index contributed by atoms with van der Waals surface area (Å²) < 4.78 is 5.35. The predicted molar refractivity (Wildman–Crippen MR) is 125 cm³/mol. The van der Waals surface area contributed by atoms with Crippen LogP contribution in [0.4, 0.5) is 0 Å². The maximum atomic E-state index is 13.3. The third-order valence-electron chi connectivity index (χ3n) is 5.41. The van der Waals surface area contributed by atoms with E-state index in [-0.39, 0.29) is 5.91 Å². The molecule has 1 aliphatic heterocycles. The van der Waals surface area contributed by atoms with E-state index in [0.29, 0.717) is 45.7 Å². The molecule has 7 heteroatoms. The highest BCUT2D eigenvalue weighted by atomic mass is 35.5. The van der Waals surface area contributed by atoms with Gasteiger partial charge in [0.25, 0.3) is 5.91 Å². The molecule has 2 aromatic carbocycles. The minimum Gasteiger partial charge on any atom is -0.360 e. The Balaban J connectivity index is 1.43. The summed E-state index contributed by atoms with van der Waals surface area (Å²) in [5.74, 6) is 0.355. The normalized spacial score (nSPS) is 15.0. The number of carbonyl (C=O) groups excluding carboxylic acids is 1. The molecule has 2 heterocycles. The molecule has 31 heavy (non-hydrogen) atoms. The van der Waals surface area contributed by atoms with Crippen LogP contribution in [-0.4, -0.2) is 53.6 Å². The van der Waals surface area contributed by atoms with E-state index < -0.39 is 0 Å². The summed E-state index contributed by atoms with van der Waals surface area (Å²) >= 11 is 12.7. The van der Waals surface area contributed by atoms with E-state index in [2.05, 4.69) is 34.3 Å². The molecule has 3 aromatic rings. The van der Waals surface area contributed by atoms with Gasteiger partial charge < -0.3 is 9.42 Å². The van der Waals surface area contributed by atoms with Gasteiger partial charge in [-0.2, -0.15) is 0 Å². The Bertz CT molecular complexity index is 1070. The molecular formula is C24H23Cl2N3O2. The van der Waals surface area contributed by atoms with Gasteiger partial charge in [0.2, 0.25) is 0 Å². The number of nitrogens with zero attached hydrogens (tertiary/aromatic N) is 3. The Hall–Kier alpha value is -2.60.